The normalized spacial score (nSPS) is 22.7. The lowest BCUT2D eigenvalue weighted by molar-refractivity contribution is -0.121. The molecule has 0 bridgehead atoms. The first-order valence-electron chi connectivity index (χ1n) is 8.86. The Hall–Kier alpha value is -1.56. The molecule has 0 amide bonds. The number of carbonyl (C=O) groups is 1. The topological polar surface area (TPSA) is 56.8 Å². The minimum Gasteiger partial charge on any atom is -0.493 e. The van der Waals surface area contributed by atoms with Gasteiger partial charge in [0, 0.05) is 19.5 Å². The second kappa shape index (κ2) is 10.6. The Kier molecular flexibility index (Phi) is 9.13. The Morgan fingerprint density at radius 2 is 2.19 bits per heavy atom. The molecule has 1 aliphatic heterocycles. The van der Waals surface area contributed by atoms with E-state index in [0.29, 0.717) is 30.9 Å². The van der Waals surface area contributed by atoms with E-state index in [-0.39, 0.29) is 29.9 Å². The molecule has 1 aliphatic rings. The van der Waals surface area contributed by atoms with Gasteiger partial charge in [0.1, 0.15) is 0 Å². The number of morpholine rings is 1. The zero-order valence-electron chi connectivity index (χ0n) is 16.0. The van der Waals surface area contributed by atoms with Crippen LogP contribution in [0.1, 0.15) is 39.2 Å². The van der Waals surface area contributed by atoms with Crippen LogP contribution in [0.15, 0.2) is 24.3 Å². The van der Waals surface area contributed by atoms with Gasteiger partial charge in [-0.15, -0.1) is 12.4 Å². The average molecular weight is 384 g/mol. The second-order valence-corrected chi connectivity index (χ2v) is 6.65. The fourth-order valence-corrected chi connectivity index (χ4v) is 2.98. The molecule has 2 atom stereocenters. The molecule has 1 heterocycles. The highest BCUT2D eigenvalue weighted by Gasteiger charge is 2.31. The fraction of sp³-hybridized carbons (Fsp3) is 0.550. The molecule has 2 unspecified atom stereocenters. The van der Waals surface area contributed by atoms with Crippen LogP contribution in [-0.4, -0.2) is 44.3 Å². The lowest BCUT2D eigenvalue weighted by Gasteiger charge is -2.38. The summed E-state index contributed by atoms with van der Waals surface area (Å²) in [5, 5.41) is 3.36. The van der Waals surface area contributed by atoms with Crippen LogP contribution < -0.4 is 14.8 Å². The summed E-state index contributed by atoms with van der Waals surface area (Å²) in [4.78, 5) is 12.2. The van der Waals surface area contributed by atoms with E-state index in [1.54, 1.807) is 13.2 Å². The molecule has 1 aromatic carbocycles. The lowest BCUT2D eigenvalue weighted by atomic mass is 9.96. The van der Waals surface area contributed by atoms with Gasteiger partial charge in [0.2, 0.25) is 0 Å². The Balaban J connectivity index is 0.00000338. The number of ketones is 1. The van der Waals surface area contributed by atoms with Crippen molar-refractivity contribution in [1.82, 2.24) is 5.32 Å². The van der Waals surface area contributed by atoms with Gasteiger partial charge >= 0.3 is 0 Å². The maximum absolute atomic E-state index is 12.2. The highest BCUT2D eigenvalue weighted by atomic mass is 35.5. The van der Waals surface area contributed by atoms with Gasteiger partial charge in [-0.3, -0.25) is 4.79 Å². The van der Waals surface area contributed by atoms with Crippen molar-refractivity contribution >= 4 is 24.3 Å². The van der Waals surface area contributed by atoms with Gasteiger partial charge in [-0.05, 0) is 51.0 Å². The fourth-order valence-electron chi connectivity index (χ4n) is 2.98. The van der Waals surface area contributed by atoms with Crippen LogP contribution in [0, 0.1) is 0 Å². The minimum atomic E-state index is -0.274. The second-order valence-electron chi connectivity index (χ2n) is 6.65. The number of halogens is 1. The summed E-state index contributed by atoms with van der Waals surface area (Å²) >= 11 is 0. The van der Waals surface area contributed by atoms with Crippen molar-refractivity contribution in [3.8, 4) is 11.5 Å². The highest BCUT2D eigenvalue weighted by Crippen LogP contribution is 2.28. The van der Waals surface area contributed by atoms with Gasteiger partial charge in [0.15, 0.2) is 17.3 Å². The van der Waals surface area contributed by atoms with E-state index in [9.17, 15) is 4.79 Å². The first-order chi connectivity index (χ1) is 12.0. The third-order valence-corrected chi connectivity index (χ3v) is 4.27. The molecule has 2 rings (SSSR count). The quantitative estimate of drug-likeness (QED) is 0.694. The molecule has 0 radical (unpaired) electrons. The summed E-state index contributed by atoms with van der Waals surface area (Å²) in [6.07, 6.45) is 4.80. The van der Waals surface area contributed by atoms with Crippen LogP contribution in [0.4, 0.5) is 0 Å². The number of ether oxygens (including phenoxy) is 3. The van der Waals surface area contributed by atoms with Crippen molar-refractivity contribution in [2.24, 2.45) is 0 Å². The Bertz CT molecular complexity index is 620. The van der Waals surface area contributed by atoms with Crippen molar-refractivity contribution in [3.05, 3.63) is 29.8 Å². The van der Waals surface area contributed by atoms with Crippen molar-refractivity contribution < 1.29 is 19.0 Å². The molecule has 0 saturated carbocycles. The van der Waals surface area contributed by atoms with Crippen LogP contribution in [0.25, 0.3) is 6.08 Å². The molecule has 6 heteroatoms. The van der Waals surface area contributed by atoms with E-state index >= 15 is 0 Å². The number of benzene rings is 1. The van der Waals surface area contributed by atoms with E-state index in [0.717, 1.165) is 18.7 Å². The maximum Gasteiger partial charge on any atom is 0.161 e. The highest BCUT2D eigenvalue weighted by molar-refractivity contribution is 5.93. The van der Waals surface area contributed by atoms with E-state index in [1.807, 2.05) is 38.1 Å². The smallest absolute Gasteiger partial charge is 0.161 e. The van der Waals surface area contributed by atoms with Gasteiger partial charge in [0.25, 0.3) is 0 Å². The number of hydrogen-bond donors (Lipinski definition) is 1. The largest absolute Gasteiger partial charge is 0.493 e. The molecular formula is C20H30ClNO4. The number of allylic oxidation sites excluding steroid dienone is 1. The zero-order valence-corrected chi connectivity index (χ0v) is 16.9. The van der Waals surface area contributed by atoms with Crippen molar-refractivity contribution in [2.75, 3.05) is 26.8 Å². The molecular weight excluding hydrogens is 354 g/mol. The van der Waals surface area contributed by atoms with E-state index in [1.165, 1.54) is 0 Å². The van der Waals surface area contributed by atoms with Crippen molar-refractivity contribution in [1.29, 1.82) is 0 Å². The standard InChI is InChI=1S/C20H29NO4.ClH/c1-5-24-19-12-16(7-9-18(19)23-4)6-8-17(22)10-11-20(3)14-21-13-15(2)25-20;/h6-9,12,15,21H,5,10-11,13-14H2,1-4H3;1H. The molecule has 1 saturated heterocycles. The number of hydrogen-bond acceptors (Lipinski definition) is 5. The van der Waals surface area contributed by atoms with Crippen molar-refractivity contribution in [2.45, 2.75) is 45.3 Å². The number of rotatable bonds is 8. The lowest BCUT2D eigenvalue weighted by Crippen LogP contribution is -2.51. The Labute approximate surface area is 162 Å². The summed E-state index contributed by atoms with van der Waals surface area (Å²) in [6.45, 7) is 8.24. The van der Waals surface area contributed by atoms with E-state index in [2.05, 4.69) is 12.2 Å². The summed E-state index contributed by atoms with van der Waals surface area (Å²) in [5.74, 6) is 1.47. The molecule has 0 aliphatic carbocycles. The SMILES string of the molecule is CCOc1cc(C=CC(=O)CCC2(C)CNCC(C)O2)ccc1OC.Cl. The van der Waals surface area contributed by atoms with Crippen molar-refractivity contribution in [3.63, 3.8) is 0 Å². The first kappa shape index (κ1) is 22.5. The van der Waals surface area contributed by atoms with Crippen LogP contribution in [-0.2, 0) is 9.53 Å². The summed E-state index contributed by atoms with van der Waals surface area (Å²) in [6, 6.07) is 5.63. The molecule has 146 valence electrons. The van der Waals surface area contributed by atoms with E-state index in [4.69, 9.17) is 14.2 Å². The monoisotopic (exact) mass is 383 g/mol. The van der Waals surface area contributed by atoms with Crippen LogP contribution in [0.2, 0.25) is 0 Å². The first-order valence-corrected chi connectivity index (χ1v) is 8.86. The number of methoxy groups -OCH3 is 1. The number of nitrogens with one attached hydrogen (secondary N) is 1. The maximum atomic E-state index is 12.2. The molecule has 1 fully saturated rings. The van der Waals surface area contributed by atoms with Crippen LogP contribution >= 0.6 is 12.4 Å². The Morgan fingerprint density at radius 1 is 1.42 bits per heavy atom. The summed E-state index contributed by atoms with van der Waals surface area (Å²) in [7, 11) is 1.61. The molecule has 0 aromatic heterocycles. The average Bonchev–Trinajstić information content (AvgIpc) is 2.58. The molecule has 1 N–H and O–H groups in total. The van der Waals surface area contributed by atoms with Gasteiger partial charge in [-0.25, -0.2) is 0 Å². The van der Waals surface area contributed by atoms with Gasteiger partial charge in [0.05, 0.1) is 25.4 Å². The Morgan fingerprint density at radius 3 is 2.85 bits per heavy atom. The molecule has 0 spiro atoms. The third kappa shape index (κ3) is 6.63. The van der Waals surface area contributed by atoms with E-state index < -0.39 is 0 Å². The molecule has 26 heavy (non-hydrogen) atoms. The van der Waals surface area contributed by atoms with Gasteiger partial charge in [-0.1, -0.05) is 12.1 Å². The number of carbonyl (C=O) groups excluding carboxylic acids is 1. The van der Waals surface area contributed by atoms with Gasteiger partial charge in [-0.2, -0.15) is 0 Å². The third-order valence-electron chi connectivity index (χ3n) is 4.27. The molecule has 5 nitrogen and oxygen atoms in total. The van der Waals surface area contributed by atoms with Gasteiger partial charge < -0.3 is 19.5 Å². The summed E-state index contributed by atoms with van der Waals surface area (Å²) in [5.41, 5.74) is 0.636. The van der Waals surface area contributed by atoms with Crippen LogP contribution in [0.5, 0.6) is 11.5 Å². The zero-order chi connectivity index (χ0) is 18.3. The van der Waals surface area contributed by atoms with Crippen LogP contribution in [0.3, 0.4) is 0 Å². The predicted octanol–water partition coefficient (Wildman–Crippen LogP) is 3.65. The minimum absolute atomic E-state index is 0. The predicted molar refractivity (Wildman–Crippen MR) is 107 cm³/mol. The molecule has 1 aromatic rings. The summed E-state index contributed by atoms with van der Waals surface area (Å²) < 4.78 is 16.8.